The maximum Gasteiger partial charge on any atom is 0.308 e. The lowest BCUT2D eigenvalue weighted by Gasteiger charge is -2.25. The van der Waals surface area contributed by atoms with Gasteiger partial charge in [-0.3, -0.25) is 14.4 Å². The van der Waals surface area contributed by atoms with Crippen molar-refractivity contribution in [3.8, 4) is 5.75 Å². The van der Waals surface area contributed by atoms with E-state index in [2.05, 4.69) is 0 Å². The molecule has 1 amide bonds. The molecule has 0 saturated carbocycles. The van der Waals surface area contributed by atoms with E-state index in [4.69, 9.17) is 4.74 Å². The van der Waals surface area contributed by atoms with E-state index in [-0.39, 0.29) is 11.3 Å². The SMILES string of the molecule is CCCN1C(=O)C(=O)/C(=C(\O)c2cccc3ccccc23)C1c1ccc(OC(C)=O)cc1. The molecule has 1 aliphatic rings. The minimum absolute atomic E-state index is 0.0556. The van der Waals surface area contributed by atoms with E-state index >= 15 is 0 Å². The van der Waals surface area contributed by atoms with Crippen molar-refractivity contribution in [2.45, 2.75) is 26.3 Å². The second-order valence-corrected chi connectivity index (χ2v) is 7.68. The first-order valence-corrected chi connectivity index (χ1v) is 10.5. The van der Waals surface area contributed by atoms with Crippen molar-refractivity contribution in [1.82, 2.24) is 4.90 Å². The molecule has 1 saturated heterocycles. The topological polar surface area (TPSA) is 83.9 Å². The van der Waals surface area contributed by atoms with Gasteiger partial charge in [-0.2, -0.15) is 0 Å². The zero-order valence-corrected chi connectivity index (χ0v) is 17.9. The molecule has 1 fully saturated rings. The largest absolute Gasteiger partial charge is 0.507 e. The number of aliphatic hydroxyl groups is 1. The number of Topliss-reactive ketones (excluding diaryl/α,β-unsaturated/α-hetero) is 1. The molecule has 3 aromatic rings. The van der Waals surface area contributed by atoms with Crippen LogP contribution in [0.4, 0.5) is 0 Å². The van der Waals surface area contributed by atoms with Gasteiger partial charge < -0.3 is 14.7 Å². The van der Waals surface area contributed by atoms with E-state index in [1.165, 1.54) is 11.8 Å². The van der Waals surface area contributed by atoms with Gasteiger partial charge in [0.15, 0.2) is 0 Å². The molecule has 1 heterocycles. The predicted molar refractivity (Wildman–Crippen MR) is 121 cm³/mol. The van der Waals surface area contributed by atoms with Crippen LogP contribution in [-0.4, -0.2) is 34.2 Å². The van der Waals surface area contributed by atoms with Gasteiger partial charge in [0.1, 0.15) is 11.5 Å². The van der Waals surface area contributed by atoms with E-state index < -0.39 is 23.7 Å². The highest BCUT2D eigenvalue weighted by atomic mass is 16.5. The minimum Gasteiger partial charge on any atom is -0.507 e. The molecule has 0 spiro atoms. The fraction of sp³-hybridized carbons (Fsp3) is 0.192. The second kappa shape index (κ2) is 8.67. The molecule has 0 aromatic heterocycles. The number of esters is 1. The number of hydrogen-bond acceptors (Lipinski definition) is 5. The van der Waals surface area contributed by atoms with Crippen molar-refractivity contribution >= 4 is 34.2 Å². The summed E-state index contributed by atoms with van der Waals surface area (Å²) in [5.74, 6) is -1.62. The minimum atomic E-state index is -0.736. The van der Waals surface area contributed by atoms with Crippen LogP contribution in [0.2, 0.25) is 0 Å². The third-order valence-corrected chi connectivity index (χ3v) is 5.51. The van der Waals surface area contributed by atoms with Crippen LogP contribution in [-0.2, 0) is 14.4 Å². The molecule has 4 rings (SSSR count). The number of benzene rings is 3. The van der Waals surface area contributed by atoms with Crippen LogP contribution in [0.1, 0.15) is 37.4 Å². The predicted octanol–water partition coefficient (Wildman–Crippen LogP) is 4.60. The van der Waals surface area contributed by atoms with E-state index in [9.17, 15) is 19.5 Å². The van der Waals surface area contributed by atoms with Crippen molar-refractivity contribution in [3.63, 3.8) is 0 Å². The first-order chi connectivity index (χ1) is 15.4. The maximum atomic E-state index is 13.1. The molecular weight excluding hydrogens is 406 g/mol. The summed E-state index contributed by atoms with van der Waals surface area (Å²) in [7, 11) is 0. The van der Waals surface area contributed by atoms with E-state index in [1.54, 1.807) is 30.3 Å². The Bertz CT molecular complexity index is 1240. The Morgan fingerprint density at radius 2 is 1.69 bits per heavy atom. The van der Waals surface area contributed by atoms with E-state index in [1.807, 2.05) is 43.3 Å². The molecular formula is C26H23NO5. The molecule has 162 valence electrons. The summed E-state index contributed by atoms with van der Waals surface area (Å²) in [6, 6.07) is 18.9. The van der Waals surface area contributed by atoms with Crippen LogP contribution >= 0.6 is 0 Å². The number of ketones is 1. The number of aliphatic hydroxyl groups excluding tert-OH is 1. The van der Waals surface area contributed by atoms with Crippen molar-refractivity contribution in [2.75, 3.05) is 6.54 Å². The number of carbonyl (C=O) groups excluding carboxylic acids is 3. The first-order valence-electron chi connectivity index (χ1n) is 10.5. The second-order valence-electron chi connectivity index (χ2n) is 7.68. The lowest BCUT2D eigenvalue weighted by Crippen LogP contribution is -2.30. The number of hydrogen-bond donors (Lipinski definition) is 1. The van der Waals surface area contributed by atoms with Crippen LogP contribution in [0, 0.1) is 0 Å². The van der Waals surface area contributed by atoms with Gasteiger partial charge in [-0.15, -0.1) is 0 Å². The van der Waals surface area contributed by atoms with Gasteiger partial charge in [-0.1, -0.05) is 61.5 Å². The Hall–Kier alpha value is -3.93. The molecule has 6 heteroatoms. The monoisotopic (exact) mass is 429 g/mol. The lowest BCUT2D eigenvalue weighted by atomic mass is 9.93. The molecule has 0 aliphatic carbocycles. The Balaban J connectivity index is 1.88. The van der Waals surface area contributed by atoms with E-state index in [0.29, 0.717) is 29.8 Å². The molecule has 0 radical (unpaired) electrons. The van der Waals surface area contributed by atoms with Gasteiger partial charge in [0.05, 0.1) is 11.6 Å². The summed E-state index contributed by atoms with van der Waals surface area (Å²) in [5.41, 5.74) is 1.20. The van der Waals surface area contributed by atoms with Crippen molar-refractivity contribution in [1.29, 1.82) is 0 Å². The highest BCUT2D eigenvalue weighted by molar-refractivity contribution is 6.46. The smallest absolute Gasteiger partial charge is 0.308 e. The molecule has 1 N–H and O–H groups in total. The third kappa shape index (κ3) is 3.75. The zero-order valence-electron chi connectivity index (χ0n) is 17.9. The molecule has 0 bridgehead atoms. The van der Waals surface area contributed by atoms with Gasteiger partial charge in [0, 0.05) is 19.0 Å². The lowest BCUT2D eigenvalue weighted by molar-refractivity contribution is -0.139. The highest BCUT2D eigenvalue weighted by Crippen LogP contribution is 2.40. The highest BCUT2D eigenvalue weighted by Gasteiger charge is 2.45. The Labute approximate surface area is 185 Å². The summed E-state index contributed by atoms with van der Waals surface area (Å²) in [6.45, 7) is 3.60. The number of fused-ring (bicyclic) bond motifs is 1. The number of carbonyl (C=O) groups is 3. The fourth-order valence-electron chi connectivity index (χ4n) is 4.16. The Morgan fingerprint density at radius 1 is 1.00 bits per heavy atom. The average Bonchev–Trinajstić information content (AvgIpc) is 3.04. The number of rotatable bonds is 5. The van der Waals surface area contributed by atoms with Crippen LogP contribution in [0.25, 0.3) is 16.5 Å². The first kappa shape index (κ1) is 21.3. The molecule has 1 unspecified atom stereocenters. The van der Waals surface area contributed by atoms with Crippen LogP contribution in [0.5, 0.6) is 5.75 Å². The van der Waals surface area contributed by atoms with Gasteiger partial charge in [-0.25, -0.2) is 0 Å². The maximum absolute atomic E-state index is 13.1. The zero-order chi connectivity index (χ0) is 22.8. The standard InChI is InChI=1S/C26H23NO5/c1-3-15-27-23(18-11-13-19(14-12-18)32-16(2)28)22(25(30)26(27)31)24(29)21-10-6-8-17-7-4-5-9-20(17)21/h4-14,23,29H,3,15H2,1-2H3/b24-22-. The third-order valence-electron chi connectivity index (χ3n) is 5.51. The normalized spacial score (nSPS) is 17.7. The van der Waals surface area contributed by atoms with Crippen LogP contribution in [0.15, 0.2) is 72.3 Å². The summed E-state index contributed by atoms with van der Waals surface area (Å²) in [4.78, 5) is 38.6. The number of ether oxygens (including phenoxy) is 1. The van der Waals surface area contributed by atoms with Crippen LogP contribution in [0.3, 0.4) is 0 Å². The van der Waals surface area contributed by atoms with Crippen molar-refractivity contribution in [3.05, 3.63) is 83.4 Å². The average molecular weight is 429 g/mol. The molecule has 1 atom stereocenters. The van der Waals surface area contributed by atoms with Crippen LogP contribution < -0.4 is 4.74 Å². The van der Waals surface area contributed by atoms with Gasteiger partial charge in [0.2, 0.25) is 0 Å². The molecule has 3 aromatic carbocycles. The summed E-state index contributed by atoms with van der Waals surface area (Å²) in [6.07, 6.45) is 0.656. The molecule has 1 aliphatic heterocycles. The number of likely N-dealkylation sites (tertiary alicyclic amines) is 1. The van der Waals surface area contributed by atoms with Crippen molar-refractivity contribution < 1.29 is 24.2 Å². The van der Waals surface area contributed by atoms with Gasteiger partial charge in [0.25, 0.3) is 11.7 Å². The quantitative estimate of drug-likeness (QED) is 0.211. The summed E-state index contributed by atoms with van der Waals surface area (Å²) in [5, 5.41) is 13.0. The van der Waals surface area contributed by atoms with Gasteiger partial charge >= 0.3 is 5.97 Å². The summed E-state index contributed by atoms with van der Waals surface area (Å²) >= 11 is 0. The molecule has 6 nitrogen and oxygen atoms in total. The fourth-order valence-corrected chi connectivity index (χ4v) is 4.16. The summed E-state index contributed by atoms with van der Waals surface area (Å²) < 4.78 is 5.09. The Morgan fingerprint density at radius 3 is 2.38 bits per heavy atom. The Kier molecular flexibility index (Phi) is 5.77. The molecule has 32 heavy (non-hydrogen) atoms. The van der Waals surface area contributed by atoms with E-state index in [0.717, 1.165) is 10.8 Å². The van der Waals surface area contributed by atoms with Crippen molar-refractivity contribution in [2.24, 2.45) is 0 Å². The van der Waals surface area contributed by atoms with Gasteiger partial charge in [-0.05, 0) is 34.9 Å². The number of nitrogens with zero attached hydrogens (tertiary/aromatic N) is 1. The number of amides is 1.